The first-order valence-electron chi connectivity index (χ1n) is 6.38. The van der Waals surface area contributed by atoms with Crippen molar-refractivity contribution in [2.24, 2.45) is 0 Å². The molecular weight excluding hydrogens is 252 g/mol. The molecule has 0 spiro atoms. The third-order valence-electron chi connectivity index (χ3n) is 3.04. The van der Waals surface area contributed by atoms with E-state index in [4.69, 9.17) is 5.11 Å². The number of hydrogen-bond acceptors (Lipinski definition) is 3. The molecule has 0 unspecified atom stereocenters. The summed E-state index contributed by atoms with van der Waals surface area (Å²) in [6.07, 6.45) is 0. The molecule has 1 amide bonds. The summed E-state index contributed by atoms with van der Waals surface area (Å²) in [5.74, 6) is -0.146. The van der Waals surface area contributed by atoms with E-state index in [-0.39, 0.29) is 12.5 Å². The van der Waals surface area contributed by atoms with Gasteiger partial charge in [-0.3, -0.25) is 4.79 Å². The van der Waals surface area contributed by atoms with Gasteiger partial charge in [-0.15, -0.1) is 0 Å². The molecule has 0 aliphatic carbocycles. The third-order valence-corrected chi connectivity index (χ3v) is 3.04. The van der Waals surface area contributed by atoms with E-state index in [2.05, 4.69) is 5.32 Å². The SMILES string of the molecule is CN(C)c1ccc(C(=O)Nc2ccc(CO)cc2)cc1. The van der Waals surface area contributed by atoms with Crippen molar-refractivity contribution in [2.75, 3.05) is 24.3 Å². The highest BCUT2D eigenvalue weighted by atomic mass is 16.3. The summed E-state index contributed by atoms with van der Waals surface area (Å²) < 4.78 is 0. The Balaban J connectivity index is 2.07. The van der Waals surface area contributed by atoms with Crippen LogP contribution < -0.4 is 10.2 Å². The molecule has 0 aliphatic heterocycles. The molecule has 2 rings (SSSR count). The Labute approximate surface area is 118 Å². The van der Waals surface area contributed by atoms with Crippen LogP contribution in [0.25, 0.3) is 0 Å². The van der Waals surface area contributed by atoms with Gasteiger partial charge in [-0.25, -0.2) is 0 Å². The van der Waals surface area contributed by atoms with E-state index in [1.54, 1.807) is 36.4 Å². The van der Waals surface area contributed by atoms with Crippen molar-refractivity contribution < 1.29 is 9.90 Å². The van der Waals surface area contributed by atoms with Gasteiger partial charge in [0, 0.05) is 31.0 Å². The number of nitrogens with one attached hydrogen (secondary N) is 1. The molecule has 0 aliphatic rings. The second kappa shape index (κ2) is 6.21. The molecule has 4 heteroatoms. The number of amides is 1. The minimum absolute atomic E-state index is 0.000222. The smallest absolute Gasteiger partial charge is 0.255 e. The second-order valence-corrected chi connectivity index (χ2v) is 4.75. The predicted molar refractivity (Wildman–Crippen MR) is 81.1 cm³/mol. The maximum Gasteiger partial charge on any atom is 0.255 e. The van der Waals surface area contributed by atoms with Gasteiger partial charge >= 0.3 is 0 Å². The molecular formula is C16H18N2O2. The van der Waals surface area contributed by atoms with E-state index in [0.29, 0.717) is 11.3 Å². The summed E-state index contributed by atoms with van der Waals surface area (Å²) >= 11 is 0. The van der Waals surface area contributed by atoms with Gasteiger partial charge in [0.1, 0.15) is 0 Å². The van der Waals surface area contributed by atoms with Crippen LogP contribution in [0.2, 0.25) is 0 Å². The Kier molecular flexibility index (Phi) is 4.38. The van der Waals surface area contributed by atoms with Crippen molar-refractivity contribution in [3.63, 3.8) is 0 Å². The van der Waals surface area contributed by atoms with Gasteiger partial charge in [0.25, 0.3) is 5.91 Å². The van der Waals surface area contributed by atoms with Crippen LogP contribution in [0, 0.1) is 0 Å². The zero-order valence-electron chi connectivity index (χ0n) is 11.6. The van der Waals surface area contributed by atoms with E-state index in [0.717, 1.165) is 11.3 Å². The van der Waals surface area contributed by atoms with Crippen LogP contribution in [0.4, 0.5) is 11.4 Å². The molecule has 0 fully saturated rings. The molecule has 104 valence electrons. The normalized spacial score (nSPS) is 10.2. The number of rotatable bonds is 4. The van der Waals surface area contributed by atoms with Gasteiger partial charge < -0.3 is 15.3 Å². The molecule has 20 heavy (non-hydrogen) atoms. The molecule has 0 bridgehead atoms. The van der Waals surface area contributed by atoms with Crippen LogP contribution in [0.1, 0.15) is 15.9 Å². The summed E-state index contributed by atoms with van der Waals surface area (Å²) in [6.45, 7) is 0.000222. The molecule has 0 radical (unpaired) electrons. The fraction of sp³-hybridized carbons (Fsp3) is 0.188. The first-order chi connectivity index (χ1) is 9.60. The van der Waals surface area contributed by atoms with Gasteiger partial charge in [-0.05, 0) is 42.0 Å². The van der Waals surface area contributed by atoms with Gasteiger partial charge in [-0.2, -0.15) is 0 Å². The number of aliphatic hydroxyl groups is 1. The van der Waals surface area contributed by atoms with Crippen molar-refractivity contribution >= 4 is 17.3 Å². The van der Waals surface area contributed by atoms with E-state index in [1.807, 2.05) is 31.1 Å². The largest absolute Gasteiger partial charge is 0.392 e. The topological polar surface area (TPSA) is 52.6 Å². The first-order valence-corrected chi connectivity index (χ1v) is 6.38. The van der Waals surface area contributed by atoms with E-state index >= 15 is 0 Å². The summed E-state index contributed by atoms with van der Waals surface area (Å²) in [7, 11) is 3.91. The third kappa shape index (κ3) is 3.36. The highest BCUT2D eigenvalue weighted by Gasteiger charge is 2.06. The zero-order chi connectivity index (χ0) is 14.5. The monoisotopic (exact) mass is 270 g/mol. The molecule has 0 atom stereocenters. The van der Waals surface area contributed by atoms with Crippen LogP contribution in [-0.2, 0) is 6.61 Å². The van der Waals surface area contributed by atoms with Crippen LogP contribution in [-0.4, -0.2) is 25.1 Å². The Morgan fingerprint density at radius 3 is 2.15 bits per heavy atom. The van der Waals surface area contributed by atoms with Gasteiger partial charge in [0.15, 0.2) is 0 Å². The Morgan fingerprint density at radius 2 is 1.65 bits per heavy atom. The van der Waals surface area contributed by atoms with Crippen LogP contribution in [0.15, 0.2) is 48.5 Å². The van der Waals surface area contributed by atoms with Gasteiger partial charge in [-0.1, -0.05) is 12.1 Å². The van der Waals surface area contributed by atoms with Crippen LogP contribution in [0.5, 0.6) is 0 Å². The average Bonchev–Trinajstić information content (AvgIpc) is 2.48. The number of carbonyl (C=O) groups is 1. The fourth-order valence-corrected chi connectivity index (χ4v) is 1.81. The molecule has 0 aromatic heterocycles. The summed E-state index contributed by atoms with van der Waals surface area (Å²) in [5.41, 5.74) is 3.19. The minimum Gasteiger partial charge on any atom is -0.392 e. The number of hydrogen-bond donors (Lipinski definition) is 2. The van der Waals surface area contributed by atoms with E-state index in [1.165, 1.54) is 0 Å². The number of aliphatic hydroxyl groups excluding tert-OH is 1. The Bertz CT molecular complexity index is 574. The quantitative estimate of drug-likeness (QED) is 0.897. The van der Waals surface area contributed by atoms with Gasteiger partial charge in [0.2, 0.25) is 0 Å². The van der Waals surface area contributed by atoms with Crippen molar-refractivity contribution in [2.45, 2.75) is 6.61 Å². The molecule has 0 heterocycles. The molecule has 2 aromatic rings. The number of anilines is 2. The van der Waals surface area contributed by atoms with Crippen molar-refractivity contribution in [1.82, 2.24) is 0 Å². The van der Waals surface area contributed by atoms with Crippen molar-refractivity contribution in [3.05, 3.63) is 59.7 Å². The lowest BCUT2D eigenvalue weighted by molar-refractivity contribution is 0.102. The van der Waals surface area contributed by atoms with Crippen LogP contribution in [0.3, 0.4) is 0 Å². The Hall–Kier alpha value is -2.33. The van der Waals surface area contributed by atoms with Crippen molar-refractivity contribution in [1.29, 1.82) is 0 Å². The predicted octanol–water partition coefficient (Wildman–Crippen LogP) is 2.50. The minimum atomic E-state index is -0.146. The molecule has 0 saturated heterocycles. The lowest BCUT2D eigenvalue weighted by Crippen LogP contribution is -2.13. The van der Waals surface area contributed by atoms with E-state index < -0.39 is 0 Å². The summed E-state index contributed by atoms with van der Waals surface area (Å²) in [5, 5.41) is 11.8. The zero-order valence-corrected chi connectivity index (χ0v) is 11.6. The standard InChI is InChI=1S/C16H18N2O2/c1-18(2)15-9-5-13(6-10-15)16(20)17-14-7-3-12(11-19)4-8-14/h3-10,19H,11H2,1-2H3,(H,17,20). The highest BCUT2D eigenvalue weighted by Crippen LogP contribution is 2.15. The molecule has 2 N–H and O–H groups in total. The first kappa shape index (κ1) is 14.1. The molecule has 2 aromatic carbocycles. The summed E-state index contributed by atoms with van der Waals surface area (Å²) in [6, 6.07) is 14.5. The number of benzene rings is 2. The van der Waals surface area contributed by atoms with Gasteiger partial charge in [0.05, 0.1) is 6.61 Å². The highest BCUT2D eigenvalue weighted by molar-refractivity contribution is 6.04. The van der Waals surface area contributed by atoms with Crippen LogP contribution >= 0.6 is 0 Å². The Morgan fingerprint density at radius 1 is 1.05 bits per heavy atom. The number of carbonyl (C=O) groups excluding carboxylic acids is 1. The summed E-state index contributed by atoms with van der Waals surface area (Å²) in [4.78, 5) is 14.1. The molecule has 0 saturated carbocycles. The maximum atomic E-state index is 12.1. The lowest BCUT2D eigenvalue weighted by atomic mass is 10.1. The van der Waals surface area contributed by atoms with Crippen molar-refractivity contribution in [3.8, 4) is 0 Å². The van der Waals surface area contributed by atoms with E-state index in [9.17, 15) is 4.79 Å². The second-order valence-electron chi connectivity index (χ2n) is 4.75. The maximum absolute atomic E-state index is 12.1. The average molecular weight is 270 g/mol. The number of nitrogens with zero attached hydrogens (tertiary/aromatic N) is 1. The lowest BCUT2D eigenvalue weighted by Gasteiger charge is -2.12. The fourth-order valence-electron chi connectivity index (χ4n) is 1.81. The molecule has 4 nitrogen and oxygen atoms in total.